The van der Waals surface area contributed by atoms with Crippen LogP contribution in [0.4, 0.5) is 5.69 Å². The Morgan fingerprint density at radius 3 is 2.44 bits per heavy atom. The minimum absolute atomic E-state index is 0.0994. The summed E-state index contributed by atoms with van der Waals surface area (Å²) in [5.74, 6) is -0.415. The molecule has 0 bridgehead atoms. The number of halogens is 2. The predicted octanol–water partition coefficient (Wildman–Crippen LogP) is 5.12. The normalized spacial score (nSPS) is 10.4. The first kappa shape index (κ1) is 19.3. The molecule has 2 aromatic carbocycles. The van der Waals surface area contributed by atoms with Gasteiger partial charge < -0.3 is 10.2 Å². The molecule has 0 aliphatic carbocycles. The fourth-order valence-corrected chi connectivity index (χ4v) is 2.59. The number of nitrogens with zero attached hydrogens (tertiary/aromatic N) is 1. The molecule has 25 heavy (non-hydrogen) atoms. The Hall–Kier alpha value is -2.04. The van der Waals surface area contributed by atoms with Gasteiger partial charge in [-0.15, -0.1) is 0 Å². The van der Waals surface area contributed by atoms with E-state index in [0.29, 0.717) is 33.4 Å². The second-order valence-electron chi connectivity index (χ2n) is 5.74. The molecule has 0 spiro atoms. The Morgan fingerprint density at radius 1 is 1.04 bits per heavy atom. The van der Waals surface area contributed by atoms with Gasteiger partial charge in [-0.1, -0.05) is 42.6 Å². The van der Waals surface area contributed by atoms with Gasteiger partial charge in [0.2, 0.25) is 0 Å². The van der Waals surface area contributed by atoms with Crippen LogP contribution in [-0.2, 0) is 0 Å². The molecular weight excluding hydrogens is 359 g/mol. The van der Waals surface area contributed by atoms with Gasteiger partial charge in [0.15, 0.2) is 0 Å². The van der Waals surface area contributed by atoms with E-state index in [0.717, 1.165) is 12.8 Å². The molecule has 0 saturated carbocycles. The fourth-order valence-electron chi connectivity index (χ4n) is 2.29. The van der Waals surface area contributed by atoms with Crippen molar-refractivity contribution < 1.29 is 9.59 Å². The molecule has 0 unspecified atom stereocenters. The first-order valence-corrected chi connectivity index (χ1v) is 8.80. The number of benzene rings is 2. The van der Waals surface area contributed by atoms with Crippen LogP contribution in [0.1, 0.15) is 40.5 Å². The van der Waals surface area contributed by atoms with Crippen LogP contribution in [0, 0.1) is 0 Å². The molecule has 0 aromatic heterocycles. The molecule has 0 aliphatic heterocycles. The monoisotopic (exact) mass is 378 g/mol. The number of rotatable bonds is 6. The van der Waals surface area contributed by atoms with Gasteiger partial charge in [-0.05, 0) is 42.8 Å². The molecule has 1 N–H and O–H groups in total. The van der Waals surface area contributed by atoms with Gasteiger partial charge >= 0.3 is 0 Å². The maximum absolute atomic E-state index is 12.4. The largest absolute Gasteiger partial charge is 0.342 e. The molecule has 2 rings (SSSR count). The zero-order valence-electron chi connectivity index (χ0n) is 14.2. The lowest BCUT2D eigenvalue weighted by Gasteiger charge is -2.17. The highest BCUT2D eigenvalue weighted by molar-refractivity contribution is 6.42. The van der Waals surface area contributed by atoms with Gasteiger partial charge in [0.1, 0.15) is 0 Å². The van der Waals surface area contributed by atoms with Crippen LogP contribution in [-0.4, -0.2) is 30.3 Å². The summed E-state index contributed by atoms with van der Waals surface area (Å²) < 4.78 is 0. The summed E-state index contributed by atoms with van der Waals surface area (Å²) in [6.07, 6.45) is 1.96. The van der Waals surface area contributed by atoms with E-state index in [1.807, 2.05) is 0 Å². The molecule has 6 heteroatoms. The Balaban J connectivity index is 2.13. The highest BCUT2D eigenvalue weighted by atomic mass is 35.5. The van der Waals surface area contributed by atoms with E-state index in [4.69, 9.17) is 23.2 Å². The predicted molar refractivity (Wildman–Crippen MR) is 103 cm³/mol. The molecule has 0 heterocycles. The van der Waals surface area contributed by atoms with Gasteiger partial charge in [-0.3, -0.25) is 9.59 Å². The SMILES string of the molecule is CCCCN(C)C(=O)c1cccc(C(=O)Nc2ccc(Cl)c(Cl)c2)c1. The number of carbonyl (C=O) groups is 2. The van der Waals surface area contributed by atoms with Crippen LogP contribution < -0.4 is 5.32 Å². The lowest BCUT2D eigenvalue weighted by atomic mass is 10.1. The average molecular weight is 379 g/mol. The lowest BCUT2D eigenvalue weighted by molar-refractivity contribution is 0.0793. The third-order valence-electron chi connectivity index (χ3n) is 3.74. The average Bonchev–Trinajstić information content (AvgIpc) is 2.62. The molecule has 132 valence electrons. The fraction of sp³-hybridized carbons (Fsp3) is 0.263. The minimum atomic E-state index is -0.316. The molecule has 0 radical (unpaired) electrons. The van der Waals surface area contributed by atoms with E-state index in [1.165, 1.54) is 0 Å². The molecule has 0 aliphatic rings. The maximum atomic E-state index is 12.4. The van der Waals surface area contributed by atoms with E-state index in [9.17, 15) is 9.59 Å². The van der Waals surface area contributed by atoms with E-state index in [2.05, 4.69) is 12.2 Å². The van der Waals surface area contributed by atoms with Crippen molar-refractivity contribution in [3.8, 4) is 0 Å². The van der Waals surface area contributed by atoms with Crippen LogP contribution in [0.25, 0.3) is 0 Å². The number of hydrogen-bond donors (Lipinski definition) is 1. The lowest BCUT2D eigenvalue weighted by Crippen LogP contribution is -2.28. The van der Waals surface area contributed by atoms with Crippen molar-refractivity contribution in [1.29, 1.82) is 0 Å². The maximum Gasteiger partial charge on any atom is 0.255 e. The van der Waals surface area contributed by atoms with Gasteiger partial charge in [-0.2, -0.15) is 0 Å². The van der Waals surface area contributed by atoms with Crippen molar-refractivity contribution >= 4 is 40.7 Å². The summed E-state index contributed by atoms with van der Waals surface area (Å²) in [5, 5.41) is 3.53. The van der Waals surface area contributed by atoms with Crippen molar-refractivity contribution in [2.75, 3.05) is 18.9 Å². The van der Waals surface area contributed by atoms with Gasteiger partial charge in [-0.25, -0.2) is 0 Å². The Bertz CT molecular complexity index is 778. The first-order chi connectivity index (χ1) is 11.9. The molecule has 4 nitrogen and oxygen atoms in total. The number of anilines is 1. The third kappa shape index (κ3) is 5.21. The summed E-state index contributed by atoms with van der Waals surface area (Å²) in [6.45, 7) is 2.77. The molecular formula is C19H20Cl2N2O2. The smallest absolute Gasteiger partial charge is 0.255 e. The Labute approximate surface area is 157 Å². The van der Waals surface area contributed by atoms with Crippen LogP contribution in [0.3, 0.4) is 0 Å². The standard InChI is InChI=1S/C19H20Cl2N2O2/c1-3-4-10-23(2)19(25)14-7-5-6-13(11-14)18(24)22-15-8-9-16(20)17(21)12-15/h5-9,11-12H,3-4,10H2,1-2H3,(H,22,24). The van der Waals surface area contributed by atoms with Crippen LogP contribution >= 0.6 is 23.2 Å². The quantitative estimate of drug-likeness (QED) is 0.758. The molecule has 0 saturated heterocycles. The summed E-state index contributed by atoms with van der Waals surface area (Å²) in [7, 11) is 1.76. The Morgan fingerprint density at radius 2 is 1.76 bits per heavy atom. The molecule has 2 amide bonds. The molecule has 0 fully saturated rings. The van der Waals surface area contributed by atoms with Crippen molar-refractivity contribution in [1.82, 2.24) is 4.90 Å². The van der Waals surface area contributed by atoms with Gasteiger partial charge in [0, 0.05) is 30.4 Å². The van der Waals surface area contributed by atoms with Crippen molar-refractivity contribution in [2.45, 2.75) is 19.8 Å². The summed E-state index contributed by atoms with van der Waals surface area (Å²) in [5.41, 5.74) is 1.43. The van der Waals surface area contributed by atoms with E-state index in [1.54, 1.807) is 54.4 Å². The highest BCUT2D eigenvalue weighted by Crippen LogP contribution is 2.25. The number of hydrogen-bond acceptors (Lipinski definition) is 2. The number of unbranched alkanes of at least 4 members (excludes halogenated alkanes) is 1. The highest BCUT2D eigenvalue weighted by Gasteiger charge is 2.14. The minimum Gasteiger partial charge on any atom is -0.342 e. The second kappa shape index (κ2) is 8.88. The summed E-state index contributed by atoms with van der Waals surface area (Å²) in [6, 6.07) is 11.5. The zero-order valence-corrected chi connectivity index (χ0v) is 15.7. The van der Waals surface area contributed by atoms with Gasteiger partial charge in [0.05, 0.1) is 10.0 Å². The molecule has 2 aromatic rings. The van der Waals surface area contributed by atoms with E-state index in [-0.39, 0.29) is 11.8 Å². The summed E-state index contributed by atoms with van der Waals surface area (Å²) in [4.78, 5) is 26.5. The van der Waals surface area contributed by atoms with E-state index >= 15 is 0 Å². The zero-order chi connectivity index (χ0) is 18.4. The number of carbonyl (C=O) groups excluding carboxylic acids is 2. The van der Waals surface area contributed by atoms with Crippen LogP contribution in [0.5, 0.6) is 0 Å². The Kier molecular flexibility index (Phi) is 6.85. The topological polar surface area (TPSA) is 49.4 Å². The van der Waals surface area contributed by atoms with Crippen LogP contribution in [0.15, 0.2) is 42.5 Å². The summed E-state index contributed by atoms with van der Waals surface area (Å²) >= 11 is 11.8. The van der Waals surface area contributed by atoms with E-state index < -0.39 is 0 Å². The van der Waals surface area contributed by atoms with Crippen LogP contribution in [0.2, 0.25) is 10.0 Å². The number of nitrogens with one attached hydrogen (secondary N) is 1. The van der Waals surface area contributed by atoms with Gasteiger partial charge in [0.25, 0.3) is 11.8 Å². The van der Waals surface area contributed by atoms with Crippen molar-refractivity contribution in [2.24, 2.45) is 0 Å². The van der Waals surface area contributed by atoms with Crippen molar-refractivity contribution in [3.05, 3.63) is 63.6 Å². The second-order valence-corrected chi connectivity index (χ2v) is 6.56. The first-order valence-electron chi connectivity index (χ1n) is 8.04. The third-order valence-corrected chi connectivity index (χ3v) is 4.48. The number of amides is 2. The van der Waals surface area contributed by atoms with Crippen molar-refractivity contribution in [3.63, 3.8) is 0 Å². The molecule has 0 atom stereocenters.